The molecule has 20 heavy (non-hydrogen) atoms. The zero-order valence-corrected chi connectivity index (χ0v) is 12.0. The highest BCUT2D eigenvalue weighted by Crippen LogP contribution is 2.64. The molecule has 0 aromatic rings. The molecule has 3 N–H and O–H groups in total. The van der Waals surface area contributed by atoms with E-state index in [0.717, 1.165) is 0 Å². The summed E-state index contributed by atoms with van der Waals surface area (Å²) in [5.41, 5.74) is -3.92. The smallest absolute Gasteiger partial charge is 0.387 e. The zero-order valence-electron chi connectivity index (χ0n) is 11.1. The Morgan fingerprint density at radius 3 is 2.00 bits per heavy atom. The molecule has 0 aromatic carbocycles. The van der Waals surface area contributed by atoms with Gasteiger partial charge in [0.15, 0.2) is 6.29 Å². The third kappa shape index (κ3) is 3.54. The third-order valence-electron chi connectivity index (χ3n) is 2.78. The van der Waals surface area contributed by atoms with E-state index in [1.165, 1.54) is 13.8 Å². The van der Waals surface area contributed by atoms with Crippen molar-refractivity contribution in [1.82, 2.24) is 0 Å². The number of alkyl halides is 2. The van der Waals surface area contributed by atoms with Crippen molar-refractivity contribution in [2.75, 3.05) is 13.2 Å². The van der Waals surface area contributed by atoms with Crippen molar-refractivity contribution in [3.63, 3.8) is 0 Å². The number of ether oxygens (including phenoxy) is 1. The van der Waals surface area contributed by atoms with Crippen LogP contribution in [0.2, 0.25) is 0 Å². The van der Waals surface area contributed by atoms with E-state index in [4.69, 9.17) is 5.11 Å². The highest BCUT2D eigenvalue weighted by atomic mass is 31.2. The van der Waals surface area contributed by atoms with Gasteiger partial charge in [-0.3, -0.25) is 4.57 Å². The number of halogens is 2. The molecule has 0 aromatic heterocycles. The molecule has 120 valence electrons. The van der Waals surface area contributed by atoms with Gasteiger partial charge in [-0.1, -0.05) is 0 Å². The highest BCUT2D eigenvalue weighted by molar-refractivity contribution is 7.55. The van der Waals surface area contributed by atoms with Crippen LogP contribution in [0.15, 0.2) is 0 Å². The maximum absolute atomic E-state index is 14.1. The Morgan fingerprint density at radius 1 is 1.15 bits per heavy atom. The van der Waals surface area contributed by atoms with E-state index < -0.39 is 44.3 Å². The van der Waals surface area contributed by atoms with Gasteiger partial charge < -0.3 is 29.1 Å². The van der Waals surface area contributed by atoms with Crippen LogP contribution >= 0.6 is 7.60 Å². The third-order valence-corrected chi connectivity index (χ3v) is 4.96. The van der Waals surface area contributed by atoms with Gasteiger partial charge in [0.05, 0.1) is 25.7 Å². The van der Waals surface area contributed by atoms with Crippen LogP contribution in [0.25, 0.3) is 0 Å². The zero-order chi connectivity index (χ0) is 15.6. The van der Waals surface area contributed by atoms with E-state index >= 15 is 0 Å². The summed E-state index contributed by atoms with van der Waals surface area (Å²) in [5, 5.41) is 27.9. The van der Waals surface area contributed by atoms with Crippen LogP contribution in [-0.2, 0) is 18.3 Å². The first-order valence-corrected chi connectivity index (χ1v) is 7.69. The van der Waals surface area contributed by atoms with Crippen molar-refractivity contribution in [1.29, 1.82) is 0 Å². The van der Waals surface area contributed by atoms with Gasteiger partial charge in [0.25, 0.3) is 0 Å². The summed E-state index contributed by atoms with van der Waals surface area (Å²) in [7, 11) is -4.73. The summed E-state index contributed by atoms with van der Waals surface area (Å²) in [5.74, 6) is 0. The maximum Gasteiger partial charge on any atom is 0.399 e. The topological polar surface area (TPSA) is 105 Å². The summed E-state index contributed by atoms with van der Waals surface area (Å²) in [6, 6.07) is 0. The van der Waals surface area contributed by atoms with Crippen molar-refractivity contribution in [2.24, 2.45) is 0 Å². The molecule has 7 nitrogen and oxygen atoms in total. The van der Waals surface area contributed by atoms with Crippen LogP contribution in [0.3, 0.4) is 0 Å². The second-order valence-electron chi connectivity index (χ2n) is 4.25. The lowest BCUT2D eigenvalue weighted by atomic mass is 10.1. The average molecular weight is 320 g/mol. The Hall–Kier alpha value is -0.150. The Balaban J connectivity index is 2.84. The number of hydrogen-bond acceptors (Lipinski definition) is 7. The highest BCUT2D eigenvalue weighted by Gasteiger charge is 2.57. The van der Waals surface area contributed by atoms with Crippen LogP contribution in [0, 0.1) is 0 Å². The molecule has 0 spiro atoms. The molecule has 1 saturated heterocycles. The van der Waals surface area contributed by atoms with Gasteiger partial charge in [0.1, 0.15) is 12.2 Å². The van der Waals surface area contributed by atoms with Crippen molar-refractivity contribution >= 4 is 7.60 Å². The fourth-order valence-electron chi connectivity index (χ4n) is 1.82. The van der Waals surface area contributed by atoms with E-state index in [2.05, 4.69) is 13.8 Å². The minimum Gasteiger partial charge on any atom is -0.387 e. The van der Waals surface area contributed by atoms with Gasteiger partial charge in [-0.25, -0.2) is 0 Å². The van der Waals surface area contributed by atoms with Crippen LogP contribution < -0.4 is 0 Å². The first-order chi connectivity index (χ1) is 9.18. The molecule has 0 amide bonds. The van der Waals surface area contributed by atoms with Crippen LogP contribution in [0.1, 0.15) is 20.3 Å². The van der Waals surface area contributed by atoms with Crippen LogP contribution in [0.4, 0.5) is 8.78 Å². The van der Waals surface area contributed by atoms with Crippen molar-refractivity contribution < 1.29 is 42.4 Å². The Morgan fingerprint density at radius 2 is 1.65 bits per heavy atom. The Kier molecular flexibility index (Phi) is 6.03. The number of aliphatic hydroxyl groups excluding tert-OH is 3. The number of aliphatic hydroxyl groups is 3. The van der Waals surface area contributed by atoms with Gasteiger partial charge in [0.2, 0.25) is 0 Å². The summed E-state index contributed by atoms with van der Waals surface area (Å²) in [6.07, 6.45) is -7.98. The Bertz CT molecular complexity index is 358. The fraction of sp³-hybridized carbons (Fsp3) is 1.00. The lowest BCUT2D eigenvalue weighted by molar-refractivity contribution is -0.136. The molecular weight excluding hydrogens is 301 g/mol. The van der Waals surface area contributed by atoms with Gasteiger partial charge in [-0.2, -0.15) is 8.78 Å². The Labute approximate surface area is 115 Å². The number of rotatable bonds is 7. The van der Waals surface area contributed by atoms with Gasteiger partial charge >= 0.3 is 13.3 Å². The molecule has 1 fully saturated rings. The van der Waals surface area contributed by atoms with Gasteiger partial charge in [0, 0.05) is 0 Å². The second-order valence-corrected chi connectivity index (χ2v) is 6.41. The van der Waals surface area contributed by atoms with Crippen LogP contribution in [0.5, 0.6) is 0 Å². The first kappa shape index (κ1) is 17.9. The van der Waals surface area contributed by atoms with Crippen LogP contribution in [-0.4, -0.2) is 58.8 Å². The molecule has 1 rings (SSSR count). The molecular formula is C10H19F2O7P. The average Bonchev–Trinajstić information content (AvgIpc) is 2.57. The predicted octanol–water partition coefficient (Wildman–Crippen LogP) is 0.674. The van der Waals surface area contributed by atoms with Crippen molar-refractivity contribution in [2.45, 2.75) is 50.5 Å². The summed E-state index contributed by atoms with van der Waals surface area (Å²) >= 11 is 0. The van der Waals surface area contributed by atoms with E-state index in [0.29, 0.717) is 0 Å². The molecule has 0 aliphatic carbocycles. The molecule has 1 aliphatic heterocycles. The van der Waals surface area contributed by atoms with Gasteiger partial charge in [-0.05, 0) is 13.8 Å². The SMILES string of the molecule is CCOP(=O)(OCC)C(F)(F)C[C@H]1OC(O)[C@H](O)[C@@H]1O. The summed E-state index contributed by atoms with van der Waals surface area (Å²) in [4.78, 5) is 0. The van der Waals surface area contributed by atoms with E-state index in [9.17, 15) is 23.6 Å². The normalized spacial score (nSPS) is 31.8. The number of hydrogen-bond donors (Lipinski definition) is 3. The van der Waals surface area contributed by atoms with Crippen molar-refractivity contribution in [3.8, 4) is 0 Å². The molecule has 0 bridgehead atoms. The molecule has 0 saturated carbocycles. The minimum absolute atomic E-state index is 0.244. The maximum atomic E-state index is 14.1. The molecule has 4 atom stereocenters. The molecule has 10 heteroatoms. The second kappa shape index (κ2) is 6.74. The summed E-state index contributed by atoms with van der Waals surface area (Å²) < 4.78 is 53.9. The lowest BCUT2D eigenvalue weighted by Gasteiger charge is -2.28. The quantitative estimate of drug-likeness (QED) is 0.592. The molecule has 1 aliphatic rings. The minimum atomic E-state index is -4.73. The summed E-state index contributed by atoms with van der Waals surface area (Å²) in [6.45, 7) is 2.28. The van der Waals surface area contributed by atoms with Crippen molar-refractivity contribution in [3.05, 3.63) is 0 Å². The lowest BCUT2D eigenvalue weighted by Crippen LogP contribution is -2.36. The van der Waals surface area contributed by atoms with E-state index in [-0.39, 0.29) is 13.2 Å². The fourth-order valence-corrected chi connectivity index (χ4v) is 3.35. The van der Waals surface area contributed by atoms with E-state index in [1.54, 1.807) is 0 Å². The predicted molar refractivity (Wildman–Crippen MR) is 63.3 cm³/mol. The van der Waals surface area contributed by atoms with E-state index in [1.807, 2.05) is 0 Å². The molecule has 0 radical (unpaired) electrons. The molecule has 1 heterocycles. The monoisotopic (exact) mass is 320 g/mol. The first-order valence-electron chi connectivity index (χ1n) is 6.15. The molecule has 1 unspecified atom stereocenters. The largest absolute Gasteiger partial charge is 0.399 e. The van der Waals surface area contributed by atoms with Gasteiger partial charge in [-0.15, -0.1) is 0 Å². The standard InChI is InChI=1S/C10H19F2O7P/c1-3-17-20(16,18-4-2)10(11,12)5-6-7(13)8(14)9(15)19-6/h6-9,13-15H,3-5H2,1-2H3/t6-,7-,8-,9?/m1/s1.